The van der Waals surface area contributed by atoms with Gasteiger partial charge < -0.3 is 21.9 Å². The topological polar surface area (TPSA) is 142 Å². The van der Waals surface area contributed by atoms with Crippen molar-refractivity contribution in [1.29, 1.82) is 0 Å². The third kappa shape index (κ3) is 42.9. The van der Waals surface area contributed by atoms with E-state index in [-0.39, 0.29) is 5.97 Å². The van der Waals surface area contributed by atoms with Crippen molar-refractivity contribution in [3.63, 3.8) is 0 Å². The van der Waals surface area contributed by atoms with E-state index in [0.717, 1.165) is 0 Å². The predicted octanol–water partition coefficient (Wildman–Crippen LogP) is -1.87. The van der Waals surface area contributed by atoms with Gasteiger partial charge in [0.05, 0.1) is 13.0 Å². The van der Waals surface area contributed by atoms with Crippen molar-refractivity contribution in [2.75, 3.05) is 34.3 Å². The molecule has 96 valence electrons. The van der Waals surface area contributed by atoms with E-state index in [9.17, 15) is 4.79 Å². The smallest absolute Gasteiger partial charge is 0.307 e. The third-order valence-corrected chi connectivity index (χ3v) is 0.779. The third-order valence-electron chi connectivity index (χ3n) is 0.779. The van der Waals surface area contributed by atoms with Crippen molar-refractivity contribution >= 4 is 5.97 Å². The van der Waals surface area contributed by atoms with Crippen molar-refractivity contribution in [3.05, 3.63) is 0 Å². The normalized spacial score (nSPS) is 6.67. The van der Waals surface area contributed by atoms with Crippen LogP contribution in [0, 0.1) is 0 Å². The van der Waals surface area contributed by atoms with Crippen LogP contribution in [0.15, 0.2) is 0 Å². The van der Waals surface area contributed by atoms with E-state index in [2.05, 4.69) is 27.4 Å². The summed E-state index contributed by atoms with van der Waals surface area (Å²) in [7, 11) is 4.50. The Morgan fingerprint density at radius 3 is 1.80 bits per heavy atom. The summed E-state index contributed by atoms with van der Waals surface area (Å²) in [5.74, 6) is 4.70. The Morgan fingerprint density at radius 2 is 1.53 bits per heavy atom. The molecule has 0 aromatic rings. The maximum Gasteiger partial charge on any atom is 0.307 e. The Hall–Kier alpha value is -0.730. The van der Waals surface area contributed by atoms with Crippen LogP contribution in [-0.4, -0.2) is 40.3 Å². The second kappa shape index (κ2) is 37.8. The van der Waals surface area contributed by atoms with E-state index in [0.29, 0.717) is 19.6 Å². The zero-order valence-corrected chi connectivity index (χ0v) is 10.2. The molecular formula is C8H27N5O2. The Labute approximate surface area is 92.5 Å². The number of esters is 1. The molecule has 0 radical (unpaired) electrons. The van der Waals surface area contributed by atoms with Crippen LogP contribution in [0.5, 0.6) is 0 Å². The molecule has 0 heterocycles. The Morgan fingerprint density at radius 1 is 1.13 bits per heavy atom. The molecule has 7 nitrogen and oxygen atoms in total. The summed E-state index contributed by atoms with van der Waals surface area (Å²) in [5, 5.41) is 0. The molecule has 0 atom stereocenters. The number of hydrogen-bond acceptors (Lipinski definition) is 7. The maximum absolute atomic E-state index is 10.5. The predicted molar refractivity (Wildman–Crippen MR) is 63.8 cm³/mol. The van der Waals surface area contributed by atoms with Crippen LogP contribution in [-0.2, 0) is 9.53 Å². The summed E-state index contributed by atoms with van der Waals surface area (Å²) in [6.07, 6.45) is 0.338. The standard InChI is InChI=1S/C5H12N2O2.3CH5N/c1-2-9-5(8)3-4-7-6;3*1-2/h7H,2-4,6H2,1H3;3*2H2,1H3. The van der Waals surface area contributed by atoms with Crippen LogP contribution in [0.2, 0.25) is 0 Å². The first kappa shape index (κ1) is 23.8. The average molecular weight is 225 g/mol. The minimum atomic E-state index is -0.213. The number of nitrogens with one attached hydrogen (secondary N) is 1. The van der Waals surface area contributed by atoms with Crippen molar-refractivity contribution in [1.82, 2.24) is 5.43 Å². The molecule has 0 aliphatic carbocycles. The molecule has 0 aliphatic heterocycles. The van der Waals surface area contributed by atoms with Crippen LogP contribution in [0.4, 0.5) is 0 Å². The van der Waals surface area contributed by atoms with E-state index < -0.39 is 0 Å². The number of hydrazine groups is 1. The first-order valence-electron chi connectivity index (χ1n) is 4.63. The molecule has 0 aromatic carbocycles. The highest BCUT2D eigenvalue weighted by Gasteiger charge is 1.97. The van der Waals surface area contributed by atoms with Crippen LogP contribution in [0.1, 0.15) is 13.3 Å². The monoisotopic (exact) mass is 225 g/mol. The SMILES string of the molecule is CCOC(=O)CCNN.CN.CN.CN. The summed E-state index contributed by atoms with van der Waals surface area (Å²) in [5.41, 5.74) is 15.9. The number of rotatable bonds is 4. The minimum absolute atomic E-state index is 0.213. The molecule has 0 unspecified atom stereocenters. The van der Waals surface area contributed by atoms with E-state index in [1.807, 2.05) is 0 Å². The molecule has 0 spiro atoms. The number of nitrogens with two attached hydrogens (primary N) is 4. The lowest BCUT2D eigenvalue weighted by atomic mass is 10.4. The van der Waals surface area contributed by atoms with Gasteiger partial charge in [-0.05, 0) is 28.1 Å². The number of carbonyl (C=O) groups is 1. The fourth-order valence-electron chi connectivity index (χ4n) is 0.407. The first-order valence-corrected chi connectivity index (χ1v) is 4.63. The van der Waals surface area contributed by atoms with Crippen molar-refractivity contribution in [3.8, 4) is 0 Å². The van der Waals surface area contributed by atoms with Crippen LogP contribution >= 0.6 is 0 Å². The van der Waals surface area contributed by atoms with Gasteiger partial charge in [0.1, 0.15) is 0 Å². The number of ether oxygens (including phenoxy) is 1. The van der Waals surface area contributed by atoms with Gasteiger partial charge in [-0.25, -0.2) is 0 Å². The van der Waals surface area contributed by atoms with Gasteiger partial charge in [-0.1, -0.05) is 0 Å². The van der Waals surface area contributed by atoms with Gasteiger partial charge in [0, 0.05) is 6.54 Å². The number of carbonyl (C=O) groups excluding carboxylic acids is 1. The highest BCUT2D eigenvalue weighted by molar-refractivity contribution is 5.69. The van der Waals surface area contributed by atoms with Crippen LogP contribution in [0.3, 0.4) is 0 Å². The molecule has 0 bridgehead atoms. The van der Waals surface area contributed by atoms with Gasteiger partial charge in [0.15, 0.2) is 0 Å². The molecule has 0 rings (SSSR count). The lowest BCUT2D eigenvalue weighted by molar-refractivity contribution is -0.142. The van der Waals surface area contributed by atoms with Gasteiger partial charge in [0.25, 0.3) is 0 Å². The van der Waals surface area contributed by atoms with E-state index in [4.69, 9.17) is 5.84 Å². The molecule has 15 heavy (non-hydrogen) atoms. The van der Waals surface area contributed by atoms with Crippen molar-refractivity contribution in [2.24, 2.45) is 23.0 Å². The minimum Gasteiger partial charge on any atom is -0.466 e. The number of hydrogen-bond donors (Lipinski definition) is 5. The Balaban J connectivity index is -0.0000000860. The molecule has 9 N–H and O–H groups in total. The highest BCUT2D eigenvalue weighted by Crippen LogP contribution is 1.81. The second-order valence-corrected chi connectivity index (χ2v) is 1.51. The summed E-state index contributed by atoms with van der Waals surface area (Å²) >= 11 is 0. The van der Waals surface area contributed by atoms with E-state index in [1.54, 1.807) is 6.92 Å². The van der Waals surface area contributed by atoms with Gasteiger partial charge >= 0.3 is 5.97 Å². The lowest BCUT2D eigenvalue weighted by Crippen LogP contribution is -2.25. The lowest BCUT2D eigenvalue weighted by Gasteiger charge is -1.98. The molecule has 0 aromatic heterocycles. The zero-order chi connectivity index (χ0) is 13.1. The second-order valence-electron chi connectivity index (χ2n) is 1.51. The summed E-state index contributed by atoms with van der Waals surface area (Å²) in [6, 6.07) is 0. The Bertz CT molecular complexity index is 93.1. The van der Waals surface area contributed by atoms with Gasteiger partial charge in [-0.2, -0.15) is 0 Å². The van der Waals surface area contributed by atoms with Crippen LogP contribution in [0.25, 0.3) is 0 Å². The fraction of sp³-hybridized carbons (Fsp3) is 0.875. The summed E-state index contributed by atoms with van der Waals surface area (Å²) in [4.78, 5) is 10.5. The molecule has 0 saturated heterocycles. The van der Waals surface area contributed by atoms with Gasteiger partial charge in [-0.15, -0.1) is 0 Å². The average Bonchev–Trinajstić information content (AvgIpc) is 2.34. The molecule has 0 amide bonds. The molecular weight excluding hydrogens is 198 g/mol. The fourth-order valence-corrected chi connectivity index (χ4v) is 0.407. The molecule has 7 heteroatoms. The Kier molecular flexibility index (Phi) is 60.0. The first-order chi connectivity index (χ1) is 7.31. The van der Waals surface area contributed by atoms with E-state index >= 15 is 0 Å². The maximum atomic E-state index is 10.5. The van der Waals surface area contributed by atoms with Crippen molar-refractivity contribution < 1.29 is 9.53 Å². The quantitative estimate of drug-likeness (QED) is 0.214. The van der Waals surface area contributed by atoms with Gasteiger partial charge in [0.2, 0.25) is 0 Å². The molecule has 0 fully saturated rings. The van der Waals surface area contributed by atoms with E-state index in [1.165, 1.54) is 21.1 Å². The van der Waals surface area contributed by atoms with Crippen molar-refractivity contribution in [2.45, 2.75) is 13.3 Å². The summed E-state index contributed by atoms with van der Waals surface area (Å²) in [6.45, 7) is 2.68. The zero-order valence-electron chi connectivity index (χ0n) is 10.2. The summed E-state index contributed by atoms with van der Waals surface area (Å²) < 4.78 is 4.61. The molecule has 0 aliphatic rings. The van der Waals surface area contributed by atoms with Gasteiger partial charge in [-0.3, -0.25) is 16.1 Å². The largest absolute Gasteiger partial charge is 0.466 e. The highest BCUT2D eigenvalue weighted by atomic mass is 16.5. The molecule has 0 saturated carbocycles. The van der Waals surface area contributed by atoms with Crippen LogP contribution < -0.4 is 28.5 Å².